The van der Waals surface area contributed by atoms with Gasteiger partial charge in [0.2, 0.25) is 11.8 Å². The zero-order valence-electron chi connectivity index (χ0n) is 17.0. The minimum atomic E-state index is -0.343. The van der Waals surface area contributed by atoms with Gasteiger partial charge in [-0.3, -0.25) is 14.5 Å². The molecule has 2 rings (SSSR count). The molecule has 0 aromatic heterocycles. The molecule has 0 saturated carbocycles. The lowest BCUT2D eigenvalue weighted by molar-refractivity contribution is -0.143. The summed E-state index contributed by atoms with van der Waals surface area (Å²) in [5.74, 6) is -0.0787. The average Bonchev–Trinajstić information content (AvgIpc) is 2.80. The van der Waals surface area contributed by atoms with Crippen molar-refractivity contribution in [3.8, 4) is 0 Å². The number of imide groups is 1. The number of benzene rings is 1. The highest BCUT2D eigenvalue weighted by Gasteiger charge is 2.36. The van der Waals surface area contributed by atoms with Gasteiger partial charge in [0, 0.05) is 18.4 Å². The molecule has 0 bridgehead atoms. The van der Waals surface area contributed by atoms with E-state index in [1.807, 2.05) is 34.6 Å². The molecule has 1 aliphatic rings. The monoisotopic (exact) mass is 349 g/mol. The first kappa shape index (κ1) is 25.6. The SMILES string of the molecule is C.CC.CC(C)(C)N1C(=O)CCC1=O.Cc1ccc(C(C)(C)C)cc1. The summed E-state index contributed by atoms with van der Waals surface area (Å²) >= 11 is 0. The number of hydrogen-bond donors (Lipinski definition) is 0. The zero-order chi connectivity index (χ0) is 19.1. The van der Waals surface area contributed by atoms with Crippen LogP contribution in [0.3, 0.4) is 0 Å². The second kappa shape index (κ2) is 10.4. The molecule has 1 fully saturated rings. The molecule has 1 heterocycles. The normalized spacial score (nSPS) is 14.0. The van der Waals surface area contributed by atoms with Gasteiger partial charge in [-0.05, 0) is 38.7 Å². The summed E-state index contributed by atoms with van der Waals surface area (Å²) < 4.78 is 0. The van der Waals surface area contributed by atoms with Gasteiger partial charge in [-0.2, -0.15) is 0 Å². The van der Waals surface area contributed by atoms with E-state index in [1.54, 1.807) is 0 Å². The standard InChI is InChI=1S/C11H16.C8H13NO2.C2H6.CH4/c1-9-5-7-10(8-6-9)11(2,3)4;1-8(2,3)9-6(10)4-5-7(9)11;1-2;/h5-8H,1-4H3;4-5H2,1-3H3;1-2H3;1H4. The Hall–Kier alpha value is -1.64. The fraction of sp³-hybridized carbons (Fsp3) is 0.636. The van der Waals surface area contributed by atoms with Gasteiger partial charge >= 0.3 is 0 Å². The quantitative estimate of drug-likeness (QED) is 0.548. The molecule has 144 valence electrons. The Morgan fingerprint density at radius 1 is 0.800 bits per heavy atom. The summed E-state index contributed by atoms with van der Waals surface area (Å²) in [7, 11) is 0. The second-order valence-electron chi connectivity index (χ2n) is 7.91. The molecule has 25 heavy (non-hydrogen) atoms. The topological polar surface area (TPSA) is 37.4 Å². The van der Waals surface area contributed by atoms with Crippen LogP contribution < -0.4 is 0 Å². The first-order valence-corrected chi connectivity index (χ1v) is 8.86. The van der Waals surface area contributed by atoms with Crippen LogP contribution in [0.4, 0.5) is 0 Å². The van der Waals surface area contributed by atoms with Gasteiger partial charge in [0.05, 0.1) is 0 Å². The van der Waals surface area contributed by atoms with E-state index in [0.717, 1.165) is 0 Å². The van der Waals surface area contributed by atoms with Gasteiger partial charge < -0.3 is 0 Å². The van der Waals surface area contributed by atoms with E-state index in [4.69, 9.17) is 0 Å². The Morgan fingerprint density at radius 2 is 1.16 bits per heavy atom. The van der Waals surface area contributed by atoms with Gasteiger partial charge in [-0.15, -0.1) is 0 Å². The molecule has 0 unspecified atom stereocenters. The van der Waals surface area contributed by atoms with Gasteiger partial charge in [-0.1, -0.05) is 71.9 Å². The van der Waals surface area contributed by atoms with E-state index in [1.165, 1.54) is 16.0 Å². The molecule has 0 spiro atoms. The number of likely N-dealkylation sites (tertiary alicyclic amines) is 1. The maximum Gasteiger partial charge on any atom is 0.230 e. The van der Waals surface area contributed by atoms with Gasteiger partial charge in [0.1, 0.15) is 0 Å². The summed E-state index contributed by atoms with van der Waals surface area (Å²) in [6.07, 6.45) is 0.770. The summed E-state index contributed by atoms with van der Waals surface area (Å²) in [5.41, 5.74) is 2.68. The van der Waals surface area contributed by atoms with Crippen molar-refractivity contribution in [2.45, 2.75) is 93.5 Å². The van der Waals surface area contributed by atoms with Crippen molar-refractivity contribution in [1.82, 2.24) is 4.90 Å². The lowest BCUT2D eigenvalue weighted by Gasteiger charge is -2.29. The van der Waals surface area contributed by atoms with Gasteiger partial charge in [0.15, 0.2) is 0 Å². The minimum Gasteiger partial charge on any atom is -0.277 e. The first-order valence-electron chi connectivity index (χ1n) is 8.86. The largest absolute Gasteiger partial charge is 0.277 e. The number of hydrogen-bond acceptors (Lipinski definition) is 2. The predicted molar refractivity (Wildman–Crippen MR) is 109 cm³/mol. The van der Waals surface area contributed by atoms with Crippen molar-refractivity contribution >= 4 is 11.8 Å². The van der Waals surface area contributed by atoms with Crippen molar-refractivity contribution in [2.24, 2.45) is 0 Å². The second-order valence-corrected chi connectivity index (χ2v) is 7.91. The van der Waals surface area contributed by atoms with Crippen molar-refractivity contribution in [1.29, 1.82) is 0 Å². The number of nitrogens with zero attached hydrogens (tertiary/aromatic N) is 1. The fourth-order valence-electron chi connectivity index (χ4n) is 2.38. The Balaban J connectivity index is 0. The number of rotatable bonds is 0. The van der Waals surface area contributed by atoms with E-state index in [9.17, 15) is 9.59 Å². The number of aryl methyl sites for hydroxylation is 1. The molecule has 1 aliphatic heterocycles. The van der Waals surface area contributed by atoms with Crippen LogP contribution in [-0.4, -0.2) is 22.3 Å². The van der Waals surface area contributed by atoms with E-state index in [0.29, 0.717) is 12.8 Å². The van der Waals surface area contributed by atoms with Crippen LogP contribution >= 0.6 is 0 Å². The van der Waals surface area contributed by atoms with Gasteiger partial charge in [0.25, 0.3) is 0 Å². The van der Waals surface area contributed by atoms with Crippen LogP contribution in [-0.2, 0) is 15.0 Å². The van der Waals surface area contributed by atoms with Crippen LogP contribution in [0.15, 0.2) is 24.3 Å². The Kier molecular flexibility index (Phi) is 10.6. The number of amides is 2. The highest BCUT2D eigenvalue weighted by atomic mass is 16.2. The third-order valence-corrected chi connectivity index (χ3v) is 3.64. The molecular formula is C22H39NO2. The molecule has 2 amide bonds. The molecule has 0 aliphatic carbocycles. The highest BCUT2D eigenvalue weighted by Crippen LogP contribution is 2.22. The summed E-state index contributed by atoms with van der Waals surface area (Å²) in [6, 6.07) is 8.74. The smallest absolute Gasteiger partial charge is 0.230 e. The maximum absolute atomic E-state index is 11.1. The minimum absolute atomic E-state index is 0. The lowest BCUT2D eigenvalue weighted by Crippen LogP contribution is -2.44. The van der Waals surface area contributed by atoms with Crippen LogP contribution in [0.2, 0.25) is 0 Å². The Labute approximate surface area is 155 Å². The van der Waals surface area contributed by atoms with E-state index in [-0.39, 0.29) is 30.2 Å². The number of carbonyl (C=O) groups is 2. The average molecular weight is 350 g/mol. The van der Waals surface area contributed by atoms with Crippen LogP contribution in [0, 0.1) is 6.92 Å². The van der Waals surface area contributed by atoms with E-state index >= 15 is 0 Å². The van der Waals surface area contributed by atoms with Crippen molar-refractivity contribution < 1.29 is 9.59 Å². The Morgan fingerprint density at radius 3 is 1.40 bits per heavy atom. The van der Waals surface area contributed by atoms with Gasteiger partial charge in [-0.25, -0.2) is 0 Å². The van der Waals surface area contributed by atoms with Crippen LogP contribution in [0.25, 0.3) is 0 Å². The first-order chi connectivity index (χ1) is 10.9. The third kappa shape index (κ3) is 8.33. The van der Waals surface area contributed by atoms with Crippen LogP contribution in [0.5, 0.6) is 0 Å². The molecule has 3 heteroatoms. The van der Waals surface area contributed by atoms with E-state index in [2.05, 4.69) is 52.0 Å². The third-order valence-electron chi connectivity index (χ3n) is 3.64. The van der Waals surface area contributed by atoms with Crippen LogP contribution in [0.1, 0.15) is 86.8 Å². The molecule has 1 saturated heterocycles. The predicted octanol–water partition coefficient (Wildman–Crippen LogP) is 5.89. The van der Waals surface area contributed by atoms with Crippen molar-refractivity contribution in [3.05, 3.63) is 35.4 Å². The molecule has 0 N–H and O–H groups in total. The molecule has 1 aromatic rings. The summed E-state index contributed by atoms with van der Waals surface area (Å²) in [4.78, 5) is 23.6. The zero-order valence-corrected chi connectivity index (χ0v) is 17.0. The summed E-state index contributed by atoms with van der Waals surface area (Å²) in [6.45, 7) is 18.4. The Bertz CT molecular complexity index is 515. The molecule has 1 aromatic carbocycles. The fourth-order valence-corrected chi connectivity index (χ4v) is 2.38. The molecule has 0 atom stereocenters. The van der Waals surface area contributed by atoms with Crippen molar-refractivity contribution in [2.75, 3.05) is 0 Å². The van der Waals surface area contributed by atoms with Crippen molar-refractivity contribution in [3.63, 3.8) is 0 Å². The maximum atomic E-state index is 11.1. The molecule has 0 radical (unpaired) electrons. The number of carbonyl (C=O) groups excluding carboxylic acids is 2. The lowest BCUT2D eigenvalue weighted by atomic mass is 9.87. The molecule has 3 nitrogen and oxygen atoms in total. The summed E-state index contributed by atoms with van der Waals surface area (Å²) in [5, 5.41) is 0. The van der Waals surface area contributed by atoms with E-state index < -0.39 is 0 Å². The molecular weight excluding hydrogens is 310 g/mol. The highest BCUT2D eigenvalue weighted by molar-refractivity contribution is 6.02.